The van der Waals surface area contributed by atoms with Gasteiger partial charge in [0.1, 0.15) is 0 Å². The molecule has 0 N–H and O–H groups in total. The molecule has 1 rings (SSSR count). The van der Waals surface area contributed by atoms with E-state index in [1.54, 1.807) is 0 Å². The van der Waals surface area contributed by atoms with Crippen molar-refractivity contribution in [2.24, 2.45) is 11.3 Å². The van der Waals surface area contributed by atoms with Crippen molar-refractivity contribution in [3.05, 3.63) is 36.1 Å². The molecule has 1 aliphatic carbocycles. The molecule has 0 aromatic rings. The van der Waals surface area contributed by atoms with Crippen molar-refractivity contribution in [1.82, 2.24) is 0 Å². The van der Waals surface area contributed by atoms with Crippen LogP contribution in [0.1, 0.15) is 33.6 Å². The fourth-order valence-electron chi connectivity index (χ4n) is 2.30. The van der Waals surface area contributed by atoms with E-state index in [1.165, 1.54) is 11.6 Å². The minimum absolute atomic E-state index is 0. The minimum atomic E-state index is -0.232. The van der Waals surface area contributed by atoms with Crippen LogP contribution in [0.2, 0.25) is 0 Å². The van der Waals surface area contributed by atoms with Gasteiger partial charge in [0.2, 0.25) is 0 Å². The van der Waals surface area contributed by atoms with E-state index in [-0.39, 0.29) is 40.8 Å². The first-order valence-corrected chi connectivity index (χ1v) is 5.65. The van der Waals surface area contributed by atoms with Crippen LogP contribution in [0.3, 0.4) is 0 Å². The molecular formula is C14H19NaO2. The Morgan fingerprint density at radius 1 is 1.47 bits per heavy atom. The predicted molar refractivity (Wildman–Crippen MR) is 63.5 cm³/mol. The minimum Gasteiger partial charge on any atom is -0.878 e. The smallest absolute Gasteiger partial charge is 0.878 e. The second kappa shape index (κ2) is 7.20. The third-order valence-corrected chi connectivity index (χ3v) is 3.27. The van der Waals surface area contributed by atoms with Gasteiger partial charge in [-0.15, -0.1) is 6.26 Å². The van der Waals surface area contributed by atoms with E-state index < -0.39 is 0 Å². The van der Waals surface area contributed by atoms with Crippen molar-refractivity contribution >= 4 is 5.78 Å². The molecule has 0 saturated carbocycles. The summed E-state index contributed by atoms with van der Waals surface area (Å²) in [7, 11) is 0. The van der Waals surface area contributed by atoms with Crippen LogP contribution in [0.25, 0.3) is 0 Å². The Balaban J connectivity index is 0.00000256. The fourth-order valence-corrected chi connectivity index (χ4v) is 2.30. The molecule has 0 saturated heterocycles. The van der Waals surface area contributed by atoms with Gasteiger partial charge in [-0.3, -0.25) is 4.79 Å². The van der Waals surface area contributed by atoms with Gasteiger partial charge in [0, 0.05) is 5.92 Å². The first-order valence-electron chi connectivity index (χ1n) is 5.65. The number of carbonyl (C=O) groups excluding carboxylic acids is 1. The molecular weight excluding hydrogens is 223 g/mol. The molecule has 0 radical (unpaired) electrons. The van der Waals surface area contributed by atoms with Crippen LogP contribution in [-0.2, 0) is 4.79 Å². The van der Waals surface area contributed by atoms with Crippen molar-refractivity contribution in [2.75, 3.05) is 0 Å². The SMILES string of the molecule is CC1=CCCC(C)(C)C1/C=C/C(=O)/C=C/[O-].[Na+]. The zero-order valence-electron chi connectivity index (χ0n) is 11.2. The zero-order chi connectivity index (χ0) is 12.2. The third-order valence-electron chi connectivity index (χ3n) is 3.27. The normalized spacial score (nSPS) is 23.5. The molecule has 1 atom stereocenters. The molecule has 0 bridgehead atoms. The van der Waals surface area contributed by atoms with Gasteiger partial charge in [-0.1, -0.05) is 31.6 Å². The number of rotatable bonds is 3. The second-order valence-corrected chi connectivity index (χ2v) is 5.02. The molecule has 1 aliphatic rings. The third kappa shape index (κ3) is 4.82. The van der Waals surface area contributed by atoms with Gasteiger partial charge in [0.15, 0.2) is 5.78 Å². The number of hydrogen-bond donors (Lipinski definition) is 0. The maximum Gasteiger partial charge on any atom is 1.00 e. The summed E-state index contributed by atoms with van der Waals surface area (Å²) in [6.45, 7) is 6.53. The van der Waals surface area contributed by atoms with Gasteiger partial charge >= 0.3 is 29.6 Å². The van der Waals surface area contributed by atoms with Crippen molar-refractivity contribution in [2.45, 2.75) is 33.6 Å². The molecule has 0 aliphatic heterocycles. The number of carbonyl (C=O) groups is 1. The molecule has 0 spiro atoms. The molecule has 2 nitrogen and oxygen atoms in total. The van der Waals surface area contributed by atoms with Crippen molar-refractivity contribution in [3.63, 3.8) is 0 Å². The van der Waals surface area contributed by atoms with Crippen LogP contribution >= 0.6 is 0 Å². The van der Waals surface area contributed by atoms with Crippen LogP contribution in [0.15, 0.2) is 36.1 Å². The summed E-state index contributed by atoms with van der Waals surface area (Å²) >= 11 is 0. The van der Waals surface area contributed by atoms with E-state index in [2.05, 4.69) is 26.8 Å². The van der Waals surface area contributed by atoms with E-state index in [1.807, 2.05) is 6.08 Å². The van der Waals surface area contributed by atoms with Gasteiger partial charge in [0.25, 0.3) is 0 Å². The quantitative estimate of drug-likeness (QED) is 0.286. The van der Waals surface area contributed by atoms with Gasteiger partial charge in [-0.05, 0) is 37.3 Å². The van der Waals surface area contributed by atoms with E-state index in [0.29, 0.717) is 12.2 Å². The van der Waals surface area contributed by atoms with Gasteiger partial charge in [0.05, 0.1) is 0 Å². The summed E-state index contributed by atoms with van der Waals surface area (Å²) in [4.78, 5) is 11.2. The monoisotopic (exact) mass is 242 g/mol. The summed E-state index contributed by atoms with van der Waals surface area (Å²) in [6, 6.07) is 0. The Labute approximate surface area is 126 Å². The standard InChI is InChI=1S/C14H20O2.Na/c1-11-5-4-9-14(2,3)13(11)7-6-12(16)8-10-15;/h5-8,10,13,15H,4,9H2,1-3H3;/q;+1/p-1/b7-6+,10-8+;. The molecule has 17 heavy (non-hydrogen) atoms. The van der Waals surface area contributed by atoms with E-state index in [4.69, 9.17) is 0 Å². The number of allylic oxidation sites excluding steroid dienone is 5. The maximum atomic E-state index is 11.2. The Morgan fingerprint density at radius 3 is 2.65 bits per heavy atom. The summed E-state index contributed by atoms with van der Waals surface area (Å²) < 4.78 is 0. The van der Waals surface area contributed by atoms with E-state index in [9.17, 15) is 9.90 Å². The summed E-state index contributed by atoms with van der Waals surface area (Å²) in [5.74, 6) is 0.0643. The molecule has 3 heteroatoms. The van der Waals surface area contributed by atoms with Crippen molar-refractivity contribution in [3.8, 4) is 0 Å². The van der Waals surface area contributed by atoms with E-state index >= 15 is 0 Å². The molecule has 1 unspecified atom stereocenters. The van der Waals surface area contributed by atoms with E-state index in [0.717, 1.165) is 18.9 Å². The molecule has 0 aromatic heterocycles. The summed E-state index contributed by atoms with van der Waals surface area (Å²) in [5, 5.41) is 10.1. The van der Waals surface area contributed by atoms with Crippen LogP contribution < -0.4 is 34.7 Å². The second-order valence-electron chi connectivity index (χ2n) is 5.02. The molecule has 0 heterocycles. The Morgan fingerprint density at radius 2 is 2.12 bits per heavy atom. The van der Waals surface area contributed by atoms with Crippen LogP contribution in [0, 0.1) is 11.3 Å². The predicted octanol–water partition coefficient (Wildman–Crippen LogP) is -0.628. The average molecular weight is 242 g/mol. The molecule has 0 amide bonds. The topological polar surface area (TPSA) is 40.1 Å². The summed E-state index contributed by atoms with van der Waals surface area (Å²) in [6.07, 6.45) is 9.47. The van der Waals surface area contributed by atoms with Crippen molar-refractivity contribution < 1.29 is 39.5 Å². The van der Waals surface area contributed by atoms with Gasteiger partial charge in [-0.2, -0.15) is 0 Å². The molecule has 0 aromatic carbocycles. The van der Waals surface area contributed by atoms with Gasteiger partial charge < -0.3 is 5.11 Å². The van der Waals surface area contributed by atoms with Crippen LogP contribution in [0.4, 0.5) is 0 Å². The van der Waals surface area contributed by atoms with Crippen molar-refractivity contribution in [1.29, 1.82) is 0 Å². The van der Waals surface area contributed by atoms with Crippen LogP contribution in [0.5, 0.6) is 0 Å². The Hall–Kier alpha value is -0.310. The largest absolute Gasteiger partial charge is 1.00 e. The molecule has 0 fully saturated rings. The Kier molecular flexibility index (Phi) is 7.07. The number of ketones is 1. The van der Waals surface area contributed by atoms with Gasteiger partial charge in [-0.25, -0.2) is 0 Å². The van der Waals surface area contributed by atoms with Crippen LogP contribution in [-0.4, -0.2) is 5.78 Å². The fraction of sp³-hybridized carbons (Fsp3) is 0.500. The number of hydrogen-bond acceptors (Lipinski definition) is 2. The average Bonchev–Trinajstić information content (AvgIpc) is 2.16. The first-order chi connectivity index (χ1) is 7.47. The zero-order valence-corrected chi connectivity index (χ0v) is 13.2. The maximum absolute atomic E-state index is 11.2. The Bertz CT molecular complexity index is 351. The molecule has 88 valence electrons. The summed E-state index contributed by atoms with van der Waals surface area (Å²) in [5.41, 5.74) is 1.50. The first kappa shape index (κ1) is 16.7.